The summed E-state index contributed by atoms with van der Waals surface area (Å²) in [4.78, 5) is 16.9. The summed E-state index contributed by atoms with van der Waals surface area (Å²) in [5.74, 6) is 0.302. The zero-order chi connectivity index (χ0) is 20.1. The first-order valence-electron chi connectivity index (χ1n) is 9.28. The van der Waals surface area contributed by atoms with Gasteiger partial charge in [0.2, 0.25) is 5.91 Å². The Bertz CT molecular complexity index is 1090. The molecule has 4 rings (SSSR count). The molecule has 0 aliphatic heterocycles. The standard InChI is InChI=1S/C24H20N2OS2/c1-17-7-9-20(10-8-17)22-15-28-24(26-22)29-16-23(27)25-21-13-11-19(12-14-21)18-5-3-2-4-6-18/h2-15H,16H2,1H3,(H,25,27). The Kier molecular flexibility index (Phi) is 6.08. The van der Waals surface area contributed by atoms with Gasteiger partial charge in [-0.2, -0.15) is 0 Å². The molecule has 1 heterocycles. The molecule has 29 heavy (non-hydrogen) atoms. The summed E-state index contributed by atoms with van der Waals surface area (Å²) in [5.41, 5.74) is 6.37. The van der Waals surface area contributed by atoms with Crippen LogP contribution in [0.15, 0.2) is 88.6 Å². The predicted octanol–water partition coefficient (Wildman–Crippen LogP) is 6.52. The minimum Gasteiger partial charge on any atom is -0.325 e. The predicted molar refractivity (Wildman–Crippen MR) is 124 cm³/mol. The third-order valence-electron chi connectivity index (χ3n) is 4.43. The molecule has 0 saturated heterocycles. The minimum atomic E-state index is -0.0328. The lowest BCUT2D eigenvalue weighted by molar-refractivity contribution is -0.113. The van der Waals surface area contributed by atoms with Crippen LogP contribution in [0.25, 0.3) is 22.4 Å². The number of carbonyl (C=O) groups is 1. The van der Waals surface area contributed by atoms with Gasteiger partial charge < -0.3 is 5.32 Å². The van der Waals surface area contributed by atoms with Gasteiger partial charge in [-0.05, 0) is 30.2 Å². The molecule has 1 N–H and O–H groups in total. The van der Waals surface area contributed by atoms with Crippen LogP contribution in [0, 0.1) is 6.92 Å². The third-order valence-corrected chi connectivity index (χ3v) is 6.45. The zero-order valence-corrected chi connectivity index (χ0v) is 17.6. The number of nitrogens with zero attached hydrogens (tertiary/aromatic N) is 1. The van der Waals surface area contributed by atoms with Gasteiger partial charge in [-0.1, -0.05) is 84.1 Å². The van der Waals surface area contributed by atoms with Crippen LogP contribution in [0.4, 0.5) is 5.69 Å². The number of amides is 1. The Balaban J connectivity index is 1.32. The highest BCUT2D eigenvalue weighted by molar-refractivity contribution is 8.01. The molecule has 1 amide bonds. The summed E-state index contributed by atoms with van der Waals surface area (Å²) in [7, 11) is 0. The van der Waals surface area contributed by atoms with Crippen molar-refractivity contribution in [3.8, 4) is 22.4 Å². The van der Waals surface area contributed by atoms with Crippen molar-refractivity contribution in [3.05, 3.63) is 89.8 Å². The van der Waals surface area contributed by atoms with Crippen LogP contribution < -0.4 is 5.32 Å². The molecule has 0 fully saturated rings. The number of hydrogen-bond acceptors (Lipinski definition) is 4. The third kappa shape index (κ3) is 5.13. The van der Waals surface area contributed by atoms with Crippen molar-refractivity contribution in [1.29, 1.82) is 0 Å². The summed E-state index contributed by atoms with van der Waals surface area (Å²) in [6, 6.07) is 26.4. The lowest BCUT2D eigenvalue weighted by Gasteiger charge is -2.06. The van der Waals surface area contributed by atoms with Crippen LogP contribution in [0.5, 0.6) is 0 Å². The van der Waals surface area contributed by atoms with E-state index in [-0.39, 0.29) is 5.91 Å². The smallest absolute Gasteiger partial charge is 0.234 e. The van der Waals surface area contributed by atoms with Crippen molar-refractivity contribution in [2.24, 2.45) is 0 Å². The molecule has 4 aromatic rings. The van der Waals surface area contributed by atoms with Crippen LogP contribution >= 0.6 is 23.1 Å². The van der Waals surface area contributed by atoms with Crippen molar-refractivity contribution < 1.29 is 4.79 Å². The van der Waals surface area contributed by atoms with Crippen molar-refractivity contribution in [2.75, 3.05) is 11.1 Å². The van der Waals surface area contributed by atoms with Crippen molar-refractivity contribution in [3.63, 3.8) is 0 Å². The molecule has 0 aliphatic rings. The molecule has 3 nitrogen and oxygen atoms in total. The molecule has 0 saturated carbocycles. The van der Waals surface area contributed by atoms with Gasteiger partial charge in [-0.25, -0.2) is 4.98 Å². The largest absolute Gasteiger partial charge is 0.325 e. The molecule has 5 heteroatoms. The second-order valence-electron chi connectivity index (χ2n) is 6.64. The molecular formula is C24H20N2OS2. The van der Waals surface area contributed by atoms with Crippen LogP contribution in [-0.4, -0.2) is 16.6 Å². The number of thioether (sulfide) groups is 1. The Labute approximate surface area is 178 Å². The molecule has 0 aliphatic carbocycles. The molecule has 0 bridgehead atoms. The van der Waals surface area contributed by atoms with Gasteiger partial charge in [0.15, 0.2) is 4.34 Å². The fourth-order valence-corrected chi connectivity index (χ4v) is 4.52. The van der Waals surface area contributed by atoms with E-state index in [0.717, 1.165) is 32.4 Å². The summed E-state index contributed by atoms with van der Waals surface area (Å²) >= 11 is 3.03. The molecule has 0 spiro atoms. The highest BCUT2D eigenvalue weighted by Crippen LogP contribution is 2.28. The topological polar surface area (TPSA) is 42.0 Å². The van der Waals surface area contributed by atoms with E-state index in [0.29, 0.717) is 5.75 Å². The van der Waals surface area contributed by atoms with E-state index in [1.165, 1.54) is 17.3 Å². The summed E-state index contributed by atoms with van der Waals surface area (Å²) in [6.45, 7) is 2.07. The van der Waals surface area contributed by atoms with Gasteiger partial charge >= 0.3 is 0 Å². The van der Waals surface area contributed by atoms with Crippen LogP contribution in [-0.2, 0) is 4.79 Å². The van der Waals surface area contributed by atoms with E-state index in [1.807, 2.05) is 47.8 Å². The van der Waals surface area contributed by atoms with E-state index >= 15 is 0 Å². The van der Waals surface area contributed by atoms with Gasteiger partial charge in [0.1, 0.15) is 0 Å². The Morgan fingerprint density at radius 1 is 0.897 bits per heavy atom. The first-order valence-corrected chi connectivity index (χ1v) is 11.1. The van der Waals surface area contributed by atoms with Gasteiger partial charge in [-0.15, -0.1) is 11.3 Å². The highest BCUT2D eigenvalue weighted by Gasteiger charge is 2.09. The van der Waals surface area contributed by atoms with Gasteiger partial charge in [-0.3, -0.25) is 4.79 Å². The number of benzene rings is 3. The second-order valence-corrected chi connectivity index (χ2v) is 8.73. The van der Waals surface area contributed by atoms with Gasteiger partial charge in [0.25, 0.3) is 0 Å². The number of carbonyl (C=O) groups excluding carboxylic acids is 1. The Morgan fingerprint density at radius 3 is 2.28 bits per heavy atom. The first kappa shape index (κ1) is 19.4. The molecule has 0 unspecified atom stereocenters. The Hall–Kier alpha value is -2.89. The number of aryl methyl sites for hydroxylation is 1. The zero-order valence-electron chi connectivity index (χ0n) is 16.0. The molecule has 1 aromatic heterocycles. The van der Waals surface area contributed by atoms with Gasteiger partial charge in [0, 0.05) is 16.6 Å². The van der Waals surface area contributed by atoms with Gasteiger partial charge in [0.05, 0.1) is 11.4 Å². The van der Waals surface area contributed by atoms with Crippen LogP contribution in [0.1, 0.15) is 5.56 Å². The Morgan fingerprint density at radius 2 is 1.55 bits per heavy atom. The highest BCUT2D eigenvalue weighted by atomic mass is 32.2. The minimum absolute atomic E-state index is 0.0328. The molecular weight excluding hydrogens is 396 g/mol. The van der Waals surface area contributed by atoms with Crippen molar-refractivity contribution in [1.82, 2.24) is 4.98 Å². The monoisotopic (exact) mass is 416 g/mol. The second kappa shape index (κ2) is 9.07. The van der Waals surface area contributed by atoms with E-state index < -0.39 is 0 Å². The number of anilines is 1. The first-order chi connectivity index (χ1) is 14.2. The molecule has 3 aromatic carbocycles. The number of nitrogens with one attached hydrogen (secondary N) is 1. The SMILES string of the molecule is Cc1ccc(-c2csc(SCC(=O)Nc3ccc(-c4ccccc4)cc3)n2)cc1. The molecule has 0 radical (unpaired) electrons. The number of thiazole rings is 1. The van der Waals surface area contributed by atoms with E-state index in [1.54, 1.807) is 11.3 Å². The van der Waals surface area contributed by atoms with Crippen molar-refractivity contribution in [2.45, 2.75) is 11.3 Å². The van der Waals surface area contributed by atoms with Crippen molar-refractivity contribution >= 4 is 34.7 Å². The fraction of sp³-hybridized carbons (Fsp3) is 0.0833. The van der Waals surface area contributed by atoms with Crippen LogP contribution in [0.2, 0.25) is 0 Å². The summed E-state index contributed by atoms with van der Waals surface area (Å²) in [5, 5.41) is 4.99. The number of aromatic nitrogens is 1. The molecule has 144 valence electrons. The lowest BCUT2D eigenvalue weighted by atomic mass is 10.1. The quantitative estimate of drug-likeness (QED) is 0.364. The molecule has 0 atom stereocenters. The maximum absolute atomic E-state index is 12.3. The lowest BCUT2D eigenvalue weighted by Crippen LogP contribution is -2.13. The van der Waals surface area contributed by atoms with E-state index in [4.69, 9.17) is 0 Å². The number of hydrogen-bond donors (Lipinski definition) is 1. The maximum Gasteiger partial charge on any atom is 0.234 e. The fourth-order valence-electron chi connectivity index (χ4n) is 2.88. The maximum atomic E-state index is 12.3. The normalized spacial score (nSPS) is 10.7. The summed E-state index contributed by atoms with van der Waals surface area (Å²) in [6.07, 6.45) is 0. The average molecular weight is 417 g/mol. The average Bonchev–Trinajstić information content (AvgIpc) is 3.23. The van der Waals surface area contributed by atoms with E-state index in [9.17, 15) is 4.79 Å². The van der Waals surface area contributed by atoms with Crippen LogP contribution in [0.3, 0.4) is 0 Å². The number of rotatable bonds is 6. The summed E-state index contributed by atoms with van der Waals surface area (Å²) < 4.78 is 0.898. The van der Waals surface area contributed by atoms with E-state index in [2.05, 4.69) is 53.6 Å².